The molecule has 1 atom stereocenters. The molecule has 3 nitrogen and oxygen atoms in total. The molecule has 0 aliphatic carbocycles. The van der Waals surface area contributed by atoms with Gasteiger partial charge in [-0.3, -0.25) is 4.90 Å². The van der Waals surface area contributed by atoms with Gasteiger partial charge in [0, 0.05) is 25.7 Å². The maximum Gasteiger partial charge on any atom is 0.123 e. The van der Waals surface area contributed by atoms with Crippen LogP contribution in [0, 0.1) is 5.82 Å². The number of halogens is 1. The fourth-order valence-corrected chi connectivity index (χ4v) is 2.84. The molecular weight excluding hydrogens is 241 g/mol. The molecule has 0 radical (unpaired) electrons. The van der Waals surface area contributed by atoms with E-state index in [4.69, 9.17) is 5.73 Å². The van der Waals surface area contributed by atoms with Crippen LogP contribution in [-0.4, -0.2) is 43.0 Å². The van der Waals surface area contributed by atoms with Gasteiger partial charge < -0.3 is 10.6 Å². The third-order valence-electron chi connectivity index (χ3n) is 3.91. The molecule has 1 unspecified atom stereocenters. The van der Waals surface area contributed by atoms with Crippen LogP contribution in [0.1, 0.15) is 24.0 Å². The SMILES string of the molecule is CN1CCCC(N(C)Cc2cc(F)cc(CN)c2)C1. The molecule has 1 aromatic rings. The van der Waals surface area contributed by atoms with Gasteiger partial charge in [-0.15, -0.1) is 0 Å². The van der Waals surface area contributed by atoms with E-state index in [1.807, 2.05) is 6.07 Å². The van der Waals surface area contributed by atoms with E-state index >= 15 is 0 Å². The van der Waals surface area contributed by atoms with Crippen molar-refractivity contribution in [3.8, 4) is 0 Å². The van der Waals surface area contributed by atoms with E-state index in [0.29, 0.717) is 12.6 Å². The molecule has 106 valence electrons. The summed E-state index contributed by atoms with van der Waals surface area (Å²) in [5.41, 5.74) is 7.47. The number of piperidine rings is 1. The fraction of sp³-hybridized carbons (Fsp3) is 0.600. The lowest BCUT2D eigenvalue weighted by molar-refractivity contribution is 0.129. The highest BCUT2D eigenvalue weighted by Gasteiger charge is 2.21. The average Bonchev–Trinajstić information content (AvgIpc) is 2.38. The van der Waals surface area contributed by atoms with Gasteiger partial charge in [0.25, 0.3) is 0 Å². The highest BCUT2D eigenvalue weighted by molar-refractivity contribution is 5.24. The Hall–Kier alpha value is -0.970. The predicted molar refractivity (Wildman–Crippen MR) is 76.3 cm³/mol. The van der Waals surface area contributed by atoms with E-state index in [1.54, 1.807) is 6.07 Å². The standard InChI is InChI=1S/C15H24FN3/c1-18-5-3-4-15(11-18)19(2)10-13-6-12(9-17)7-14(16)8-13/h6-8,15H,3-5,9-11,17H2,1-2H3. The first-order valence-corrected chi connectivity index (χ1v) is 6.95. The molecule has 1 aliphatic rings. The van der Waals surface area contributed by atoms with Crippen LogP contribution in [0.3, 0.4) is 0 Å². The predicted octanol–water partition coefficient (Wildman–Crippen LogP) is 1.81. The molecule has 4 heteroatoms. The summed E-state index contributed by atoms with van der Waals surface area (Å²) in [7, 11) is 4.28. The lowest BCUT2D eigenvalue weighted by Gasteiger charge is -2.36. The number of likely N-dealkylation sites (tertiary alicyclic amines) is 1. The number of nitrogens with zero attached hydrogens (tertiary/aromatic N) is 2. The molecule has 1 heterocycles. The number of benzene rings is 1. The molecule has 0 spiro atoms. The second-order valence-electron chi connectivity index (χ2n) is 5.65. The van der Waals surface area contributed by atoms with E-state index in [2.05, 4.69) is 23.9 Å². The first-order valence-electron chi connectivity index (χ1n) is 6.95. The van der Waals surface area contributed by atoms with Crippen molar-refractivity contribution in [2.24, 2.45) is 5.73 Å². The number of rotatable bonds is 4. The van der Waals surface area contributed by atoms with Crippen LogP contribution in [0.25, 0.3) is 0 Å². The molecule has 2 rings (SSSR count). The Kier molecular flexibility index (Phi) is 4.91. The van der Waals surface area contributed by atoms with Crippen molar-refractivity contribution in [3.05, 3.63) is 35.1 Å². The summed E-state index contributed by atoms with van der Waals surface area (Å²) in [6.07, 6.45) is 2.46. The third-order valence-corrected chi connectivity index (χ3v) is 3.91. The molecule has 1 aliphatic heterocycles. The maximum atomic E-state index is 13.5. The van der Waals surface area contributed by atoms with Crippen molar-refractivity contribution in [2.45, 2.75) is 32.0 Å². The Balaban J connectivity index is 2.01. The first kappa shape index (κ1) is 14.4. The van der Waals surface area contributed by atoms with Crippen LogP contribution in [-0.2, 0) is 13.1 Å². The summed E-state index contributed by atoms with van der Waals surface area (Å²) in [5.74, 6) is -0.188. The summed E-state index contributed by atoms with van der Waals surface area (Å²) in [5, 5.41) is 0. The van der Waals surface area contributed by atoms with Crippen LogP contribution >= 0.6 is 0 Å². The van der Waals surface area contributed by atoms with Crippen molar-refractivity contribution in [2.75, 3.05) is 27.2 Å². The zero-order valence-electron chi connectivity index (χ0n) is 11.9. The number of hydrogen-bond acceptors (Lipinski definition) is 3. The van der Waals surface area contributed by atoms with Crippen molar-refractivity contribution in [3.63, 3.8) is 0 Å². The Morgan fingerprint density at radius 1 is 1.37 bits per heavy atom. The number of likely N-dealkylation sites (N-methyl/N-ethyl adjacent to an activating group) is 2. The van der Waals surface area contributed by atoms with Gasteiger partial charge in [0.1, 0.15) is 5.82 Å². The van der Waals surface area contributed by atoms with Crippen LogP contribution in [0.4, 0.5) is 4.39 Å². The molecule has 0 saturated carbocycles. The molecule has 1 aromatic carbocycles. The van der Waals surface area contributed by atoms with Crippen LogP contribution in [0.2, 0.25) is 0 Å². The lowest BCUT2D eigenvalue weighted by Crippen LogP contribution is -2.44. The quantitative estimate of drug-likeness (QED) is 0.901. The average molecular weight is 265 g/mol. The zero-order chi connectivity index (χ0) is 13.8. The van der Waals surface area contributed by atoms with Crippen molar-refractivity contribution in [1.82, 2.24) is 9.80 Å². The normalized spacial score (nSPS) is 21.0. The fourth-order valence-electron chi connectivity index (χ4n) is 2.84. The molecule has 2 N–H and O–H groups in total. The van der Waals surface area contributed by atoms with Crippen molar-refractivity contribution < 1.29 is 4.39 Å². The van der Waals surface area contributed by atoms with E-state index in [1.165, 1.54) is 25.5 Å². The minimum Gasteiger partial charge on any atom is -0.326 e. The monoisotopic (exact) mass is 265 g/mol. The van der Waals surface area contributed by atoms with Gasteiger partial charge in [-0.1, -0.05) is 6.07 Å². The van der Waals surface area contributed by atoms with E-state index in [9.17, 15) is 4.39 Å². The lowest BCUT2D eigenvalue weighted by atomic mass is 10.0. The van der Waals surface area contributed by atoms with Crippen molar-refractivity contribution in [1.29, 1.82) is 0 Å². The Morgan fingerprint density at radius 3 is 2.79 bits per heavy atom. The van der Waals surface area contributed by atoms with Gasteiger partial charge in [0.05, 0.1) is 0 Å². The zero-order valence-corrected chi connectivity index (χ0v) is 11.9. The summed E-state index contributed by atoms with van der Waals surface area (Å²) < 4.78 is 13.5. The molecule has 0 aromatic heterocycles. The second kappa shape index (κ2) is 6.46. The van der Waals surface area contributed by atoms with Crippen LogP contribution in [0.5, 0.6) is 0 Å². The first-order chi connectivity index (χ1) is 9.08. The minimum absolute atomic E-state index is 0.188. The van der Waals surface area contributed by atoms with Crippen LogP contribution in [0.15, 0.2) is 18.2 Å². The van der Waals surface area contributed by atoms with E-state index < -0.39 is 0 Å². The Morgan fingerprint density at radius 2 is 2.11 bits per heavy atom. The largest absolute Gasteiger partial charge is 0.326 e. The highest BCUT2D eigenvalue weighted by atomic mass is 19.1. The summed E-state index contributed by atoms with van der Waals surface area (Å²) in [4.78, 5) is 4.69. The summed E-state index contributed by atoms with van der Waals surface area (Å²) in [6, 6.07) is 5.69. The van der Waals surface area contributed by atoms with E-state index in [0.717, 1.165) is 24.2 Å². The molecule has 1 saturated heterocycles. The maximum absolute atomic E-state index is 13.5. The number of hydrogen-bond donors (Lipinski definition) is 1. The van der Waals surface area contributed by atoms with Gasteiger partial charge in [0.2, 0.25) is 0 Å². The molecule has 0 amide bonds. The van der Waals surface area contributed by atoms with Gasteiger partial charge in [-0.05, 0) is 56.7 Å². The van der Waals surface area contributed by atoms with Crippen LogP contribution < -0.4 is 5.73 Å². The number of nitrogens with two attached hydrogens (primary N) is 1. The minimum atomic E-state index is -0.188. The second-order valence-corrected chi connectivity index (χ2v) is 5.65. The topological polar surface area (TPSA) is 32.5 Å². The van der Waals surface area contributed by atoms with Crippen molar-refractivity contribution >= 4 is 0 Å². The smallest absolute Gasteiger partial charge is 0.123 e. The summed E-state index contributed by atoms with van der Waals surface area (Å²) in [6.45, 7) is 3.45. The Bertz CT molecular complexity index is 422. The van der Waals surface area contributed by atoms with E-state index in [-0.39, 0.29) is 5.82 Å². The molecule has 0 bridgehead atoms. The van der Waals surface area contributed by atoms with Gasteiger partial charge >= 0.3 is 0 Å². The highest BCUT2D eigenvalue weighted by Crippen LogP contribution is 2.17. The molecule has 1 fully saturated rings. The van der Waals surface area contributed by atoms with Gasteiger partial charge in [-0.2, -0.15) is 0 Å². The van der Waals surface area contributed by atoms with Gasteiger partial charge in [-0.25, -0.2) is 4.39 Å². The summed E-state index contributed by atoms with van der Waals surface area (Å²) >= 11 is 0. The van der Waals surface area contributed by atoms with Gasteiger partial charge in [0.15, 0.2) is 0 Å². The molecule has 19 heavy (non-hydrogen) atoms. The molecular formula is C15H24FN3. The third kappa shape index (κ3) is 4.00. The Labute approximate surface area is 115 Å².